The molecule has 1 aliphatic carbocycles. The van der Waals surface area contributed by atoms with Gasteiger partial charge in [-0.15, -0.1) is 0 Å². The lowest BCUT2D eigenvalue weighted by atomic mass is 9.82. The van der Waals surface area contributed by atoms with Crippen molar-refractivity contribution in [3.63, 3.8) is 0 Å². The number of hydrogen-bond acceptors (Lipinski definition) is 3. The van der Waals surface area contributed by atoms with Gasteiger partial charge in [0.25, 0.3) is 0 Å². The fraction of sp³-hybridized carbons (Fsp3) is 0.900. The van der Waals surface area contributed by atoms with E-state index < -0.39 is 0 Å². The number of amidine groups is 1. The molecule has 1 fully saturated rings. The van der Waals surface area contributed by atoms with Crippen LogP contribution in [0.2, 0.25) is 0 Å². The zero-order valence-corrected chi connectivity index (χ0v) is 8.94. The van der Waals surface area contributed by atoms with Gasteiger partial charge in [-0.25, -0.2) is 0 Å². The minimum atomic E-state index is 0.149. The molecule has 0 heterocycles. The maximum absolute atomic E-state index is 8.35. The summed E-state index contributed by atoms with van der Waals surface area (Å²) in [5.74, 6) is 1.59. The molecule has 4 nitrogen and oxygen atoms in total. The van der Waals surface area contributed by atoms with E-state index in [4.69, 9.17) is 15.7 Å². The molecule has 1 aliphatic rings. The molecule has 1 rings (SSSR count). The van der Waals surface area contributed by atoms with Crippen molar-refractivity contribution in [1.82, 2.24) is 0 Å². The van der Waals surface area contributed by atoms with E-state index in [-0.39, 0.29) is 18.5 Å². The lowest BCUT2D eigenvalue weighted by Crippen LogP contribution is -2.30. The Morgan fingerprint density at radius 3 is 2.43 bits per heavy atom. The van der Waals surface area contributed by atoms with Gasteiger partial charge in [0.15, 0.2) is 5.84 Å². The first-order valence-electron chi connectivity index (χ1n) is 5.19. The fourth-order valence-electron chi connectivity index (χ4n) is 2.24. The molecule has 0 aromatic heterocycles. The molecule has 0 aliphatic heterocycles. The zero-order valence-electron chi connectivity index (χ0n) is 8.94. The van der Waals surface area contributed by atoms with Crippen LogP contribution in [-0.2, 0) is 4.74 Å². The third-order valence-corrected chi connectivity index (χ3v) is 2.73. The van der Waals surface area contributed by atoms with E-state index >= 15 is 0 Å². The maximum Gasteiger partial charge on any atom is 0.165 e. The molecule has 0 spiro atoms. The first kappa shape index (κ1) is 11.3. The first-order valence-corrected chi connectivity index (χ1v) is 5.19. The van der Waals surface area contributed by atoms with Crippen LogP contribution in [0.15, 0.2) is 5.16 Å². The van der Waals surface area contributed by atoms with E-state index in [0.29, 0.717) is 0 Å². The van der Waals surface area contributed by atoms with Crippen LogP contribution in [-0.4, -0.2) is 23.8 Å². The summed E-state index contributed by atoms with van der Waals surface area (Å²) < 4.78 is 5.56. The van der Waals surface area contributed by atoms with Gasteiger partial charge >= 0.3 is 0 Å². The Balaban J connectivity index is 2.30. The van der Waals surface area contributed by atoms with Crippen LogP contribution in [0.25, 0.3) is 0 Å². The van der Waals surface area contributed by atoms with Crippen LogP contribution < -0.4 is 5.73 Å². The highest BCUT2D eigenvalue weighted by atomic mass is 16.5. The summed E-state index contributed by atoms with van der Waals surface area (Å²) in [6.07, 6.45) is 3.73. The SMILES string of the molecule is CC1CC(C)CC(OCC(N)=NO)C1. The highest BCUT2D eigenvalue weighted by Crippen LogP contribution is 2.30. The number of oxime groups is 1. The zero-order chi connectivity index (χ0) is 10.6. The van der Waals surface area contributed by atoms with Crippen molar-refractivity contribution >= 4 is 5.84 Å². The Hall–Kier alpha value is -0.770. The lowest BCUT2D eigenvalue weighted by molar-refractivity contribution is 0.0199. The van der Waals surface area contributed by atoms with Crippen molar-refractivity contribution < 1.29 is 9.94 Å². The standard InChI is InChI=1S/C10H20N2O2/c1-7-3-8(2)5-9(4-7)14-6-10(11)12-13/h7-9,13H,3-6H2,1-2H3,(H2,11,12). The van der Waals surface area contributed by atoms with E-state index in [9.17, 15) is 0 Å². The van der Waals surface area contributed by atoms with Gasteiger partial charge in [-0.1, -0.05) is 19.0 Å². The molecule has 0 aromatic carbocycles. The summed E-state index contributed by atoms with van der Waals surface area (Å²) in [7, 11) is 0. The Morgan fingerprint density at radius 2 is 1.93 bits per heavy atom. The van der Waals surface area contributed by atoms with E-state index in [1.165, 1.54) is 6.42 Å². The van der Waals surface area contributed by atoms with Crippen LogP contribution in [0.5, 0.6) is 0 Å². The number of ether oxygens (including phenoxy) is 1. The highest BCUT2D eigenvalue weighted by Gasteiger charge is 2.24. The molecule has 3 N–H and O–H groups in total. The quantitative estimate of drug-likeness (QED) is 0.314. The van der Waals surface area contributed by atoms with Crippen LogP contribution in [0.1, 0.15) is 33.1 Å². The molecule has 2 atom stereocenters. The predicted molar refractivity (Wildman–Crippen MR) is 55.3 cm³/mol. The lowest BCUT2D eigenvalue weighted by Gasteiger charge is -2.31. The van der Waals surface area contributed by atoms with Gasteiger partial charge in [-0.2, -0.15) is 0 Å². The van der Waals surface area contributed by atoms with Crippen molar-refractivity contribution in [2.75, 3.05) is 6.61 Å². The van der Waals surface area contributed by atoms with Crippen molar-refractivity contribution in [2.24, 2.45) is 22.7 Å². The number of nitrogens with two attached hydrogens (primary N) is 1. The molecule has 0 amide bonds. The number of nitrogens with zero attached hydrogens (tertiary/aromatic N) is 1. The second-order valence-electron chi connectivity index (χ2n) is 4.44. The van der Waals surface area contributed by atoms with Gasteiger partial charge < -0.3 is 15.7 Å². The van der Waals surface area contributed by atoms with Gasteiger partial charge in [-0.3, -0.25) is 0 Å². The predicted octanol–water partition coefficient (Wildman–Crippen LogP) is 1.57. The molecule has 0 radical (unpaired) electrons. The van der Waals surface area contributed by atoms with Gasteiger partial charge in [0.05, 0.1) is 6.10 Å². The van der Waals surface area contributed by atoms with Gasteiger partial charge in [0.1, 0.15) is 6.61 Å². The minimum Gasteiger partial charge on any atom is -0.409 e. The highest BCUT2D eigenvalue weighted by molar-refractivity contribution is 5.80. The van der Waals surface area contributed by atoms with E-state index in [1.54, 1.807) is 0 Å². The summed E-state index contributed by atoms with van der Waals surface area (Å²) in [5.41, 5.74) is 5.33. The molecule has 82 valence electrons. The van der Waals surface area contributed by atoms with Gasteiger partial charge in [0.2, 0.25) is 0 Å². The van der Waals surface area contributed by atoms with Crippen molar-refractivity contribution in [3.8, 4) is 0 Å². The molecule has 1 saturated carbocycles. The Morgan fingerprint density at radius 1 is 1.36 bits per heavy atom. The topological polar surface area (TPSA) is 67.8 Å². The average molecular weight is 200 g/mol. The molecule has 14 heavy (non-hydrogen) atoms. The second-order valence-corrected chi connectivity index (χ2v) is 4.44. The van der Waals surface area contributed by atoms with Crippen LogP contribution >= 0.6 is 0 Å². The van der Waals surface area contributed by atoms with E-state index in [2.05, 4.69) is 19.0 Å². The van der Waals surface area contributed by atoms with E-state index in [0.717, 1.165) is 24.7 Å². The monoisotopic (exact) mass is 200 g/mol. The van der Waals surface area contributed by atoms with Crippen molar-refractivity contribution in [3.05, 3.63) is 0 Å². The third-order valence-electron chi connectivity index (χ3n) is 2.73. The Kier molecular flexibility index (Phi) is 4.20. The molecular weight excluding hydrogens is 180 g/mol. The molecule has 4 heteroatoms. The van der Waals surface area contributed by atoms with Crippen molar-refractivity contribution in [2.45, 2.75) is 39.2 Å². The molecule has 0 bridgehead atoms. The van der Waals surface area contributed by atoms with Crippen LogP contribution in [0.4, 0.5) is 0 Å². The van der Waals surface area contributed by atoms with E-state index in [1.807, 2.05) is 0 Å². The minimum absolute atomic E-state index is 0.149. The average Bonchev–Trinajstić information content (AvgIpc) is 2.12. The largest absolute Gasteiger partial charge is 0.409 e. The van der Waals surface area contributed by atoms with Crippen molar-refractivity contribution in [1.29, 1.82) is 0 Å². The van der Waals surface area contributed by atoms with Crippen LogP contribution in [0, 0.1) is 11.8 Å². The second kappa shape index (κ2) is 5.20. The summed E-state index contributed by atoms with van der Waals surface area (Å²) >= 11 is 0. The Bertz CT molecular complexity index is 196. The number of hydrogen-bond donors (Lipinski definition) is 2. The smallest absolute Gasteiger partial charge is 0.165 e. The molecule has 0 aromatic rings. The third kappa shape index (κ3) is 3.54. The summed E-state index contributed by atoms with van der Waals surface area (Å²) in [5, 5.41) is 11.2. The number of rotatable bonds is 3. The summed E-state index contributed by atoms with van der Waals surface area (Å²) in [6, 6.07) is 0. The molecular formula is C10H20N2O2. The van der Waals surface area contributed by atoms with Gasteiger partial charge in [-0.05, 0) is 31.1 Å². The normalized spacial score (nSPS) is 34.4. The fourth-order valence-corrected chi connectivity index (χ4v) is 2.24. The first-order chi connectivity index (χ1) is 6.61. The summed E-state index contributed by atoms with van der Waals surface area (Å²) in [4.78, 5) is 0. The summed E-state index contributed by atoms with van der Waals surface area (Å²) in [6.45, 7) is 4.73. The molecule has 0 saturated heterocycles. The Labute approximate surface area is 85.1 Å². The van der Waals surface area contributed by atoms with Gasteiger partial charge in [0, 0.05) is 0 Å². The van der Waals surface area contributed by atoms with Crippen LogP contribution in [0.3, 0.4) is 0 Å². The molecule has 2 unspecified atom stereocenters. The maximum atomic E-state index is 8.35.